The van der Waals surface area contributed by atoms with Crippen LogP contribution in [0.5, 0.6) is 0 Å². The summed E-state index contributed by atoms with van der Waals surface area (Å²) in [4.78, 5) is 28.6. The summed E-state index contributed by atoms with van der Waals surface area (Å²) in [5.74, 6) is 0.273. The summed E-state index contributed by atoms with van der Waals surface area (Å²) in [6, 6.07) is 34.9. The molecule has 1 aliphatic rings. The van der Waals surface area contributed by atoms with Gasteiger partial charge in [-0.3, -0.25) is 9.59 Å². The van der Waals surface area contributed by atoms with Crippen molar-refractivity contribution in [1.82, 2.24) is 4.98 Å². The summed E-state index contributed by atoms with van der Waals surface area (Å²) in [5.41, 5.74) is 5.82. The number of oxazole rings is 1. The molecule has 1 fully saturated rings. The first-order chi connectivity index (χ1) is 23.8. The van der Waals surface area contributed by atoms with E-state index in [4.69, 9.17) is 23.6 Å². The molecule has 2 N–H and O–H groups in total. The van der Waals surface area contributed by atoms with Crippen LogP contribution in [-0.2, 0) is 30.4 Å². The minimum Gasteiger partial charge on any atom is -0.453 e. The molecule has 1 aromatic heterocycles. The number of thioether (sulfide) groups is 1. The number of aliphatic hydroxyl groups excluding tert-OH is 1. The Hall–Kier alpha value is -4.74. The van der Waals surface area contributed by atoms with Crippen molar-refractivity contribution in [2.24, 2.45) is 5.92 Å². The van der Waals surface area contributed by atoms with E-state index in [1.54, 1.807) is 12.1 Å². The first-order valence-corrected chi connectivity index (χ1v) is 17.1. The van der Waals surface area contributed by atoms with Gasteiger partial charge in [-0.15, -0.1) is 0 Å². The highest BCUT2D eigenvalue weighted by molar-refractivity contribution is 7.99. The molecule has 0 radical (unpaired) electrons. The lowest BCUT2D eigenvalue weighted by Gasteiger charge is -2.41. The van der Waals surface area contributed by atoms with E-state index >= 15 is 0 Å². The van der Waals surface area contributed by atoms with Crippen molar-refractivity contribution in [2.75, 3.05) is 11.1 Å². The Morgan fingerprint density at radius 2 is 1.51 bits per heavy atom. The maximum absolute atomic E-state index is 12.5. The number of carbonyl (C=O) groups is 2. The molecule has 0 spiro atoms. The van der Waals surface area contributed by atoms with Crippen LogP contribution in [-0.4, -0.2) is 39.9 Å². The van der Waals surface area contributed by atoms with Crippen LogP contribution in [0, 0.1) is 5.92 Å². The highest BCUT2D eigenvalue weighted by atomic mass is 32.2. The van der Waals surface area contributed by atoms with Crippen LogP contribution in [0.25, 0.3) is 22.6 Å². The molecule has 1 aliphatic heterocycles. The molecule has 49 heavy (non-hydrogen) atoms. The number of aliphatic hydroxyl groups is 1. The van der Waals surface area contributed by atoms with Gasteiger partial charge in [0, 0.05) is 41.0 Å². The number of nitrogens with zero attached hydrogens (tertiary/aromatic N) is 1. The average molecular weight is 679 g/mol. The van der Waals surface area contributed by atoms with E-state index in [0.717, 1.165) is 33.5 Å². The molecule has 5 aromatic rings. The van der Waals surface area contributed by atoms with Gasteiger partial charge in [0.1, 0.15) is 5.69 Å². The predicted octanol–water partition coefficient (Wildman–Crippen LogP) is 7.97. The van der Waals surface area contributed by atoms with Crippen LogP contribution in [0.1, 0.15) is 49.9 Å². The zero-order valence-corrected chi connectivity index (χ0v) is 28.3. The van der Waals surface area contributed by atoms with Crippen molar-refractivity contribution in [3.8, 4) is 22.6 Å². The van der Waals surface area contributed by atoms with Crippen LogP contribution in [0.4, 0.5) is 5.69 Å². The maximum Gasteiger partial charge on any atom is 0.303 e. The van der Waals surface area contributed by atoms with Crippen LogP contribution >= 0.6 is 11.8 Å². The van der Waals surface area contributed by atoms with E-state index in [9.17, 15) is 14.7 Å². The van der Waals surface area contributed by atoms with Gasteiger partial charge in [-0.1, -0.05) is 116 Å². The molecule has 10 heteroatoms. The molecule has 6 rings (SSSR count). The fraction of sp³-hybridized carbons (Fsp3) is 0.256. The van der Waals surface area contributed by atoms with Crippen molar-refractivity contribution in [3.05, 3.63) is 126 Å². The molecule has 1 amide bonds. The fourth-order valence-electron chi connectivity index (χ4n) is 5.67. The third-order valence-corrected chi connectivity index (χ3v) is 9.26. The Bertz CT molecular complexity index is 1790. The van der Waals surface area contributed by atoms with Gasteiger partial charge in [-0.05, 0) is 30.2 Å². The largest absolute Gasteiger partial charge is 0.453 e. The average Bonchev–Trinajstić information content (AvgIpc) is 3.56. The number of nitrogens with one attached hydrogen (secondary N) is 1. The molecule has 2 heterocycles. The summed E-state index contributed by atoms with van der Waals surface area (Å²) >= 11 is 1.50. The topological polar surface area (TPSA) is 120 Å². The molecule has 1 saturated heterocycles. The Labute approximate surface area is 289 Å². The predicted molar refractivity (Wildman–Crippen MR) is 187 cm³/mol. The molecule has 0 unspecified atom stereocenters. The van der Waals surface area contributed by atoms with E-state index in [-0.39, 0.29) is 24.7 Å². The molecular weight excluding hydrogens is 641 g/mol. The van der Waals surface area contributed by atoms with Gasteiger partial charge < -0.3 is 29.1 Å². The highest BCUT2D eigenvalue weighted by Crippen LogP contribution is 2.44. The van der Waals surface area contributed by atoms with E-state index in [1.807, 2.05) is 97.1 Å². The molecule has 9 nitrogen and oxygen atoms in total. The zero-order chi connectivity index (χ0) is 34.3. The van der Waals surface area contributed by atoms with Crippen molar-refractivity contribution >= 4 is 29.3 Å². The van der Waals surface area contributed by atoms with Gasteiger partial charge in [0.05, 0.1) is 18.8 Å². The van der Waals surface area contributed by atoms with Gasteiger partial charge in [0.25, 0.3) is 11.1 Å². The monoisotopic (exact) mass is 678 g/mol. The third-order valence-electron chi connectivity index (χ3n) is 8.35. The fourth-order valence-corrected chi connectivity index (χ4v) is 6.66. The first kappa shape index (κ1) is 34.1. The van der Waals surface area contributed by atoms with E-state index < -0.39 is 24.3 Å². The summed E-state index contributed by atoms with van der Waals surface area (Å²) in [5, 5.41) is 12.9. The van der Waals surface area contributed by atoms with Crippen molar-refractivity contribution < 1.29 is 33.3 Å². The van der Waals surface area contributed by atoms with E-state index in [1.165, 1.54) is 25.6 Å². The van der Waals surface area contributed by atoms with Crippen molar-refractivity contribution in [1.29, 1.82) is 0 Å². The number of esters is 1. The maximum atomic E-state index is 12.5. The van der Waals surface area contributed by atoms with Crippen LogP contribution in [0.3, 0.4) is 0 Å². The number of carbonyl (C=O) groups excluding carboxylic acids is 2. The van der Waals surface area contributed by atoms with Crippen LogP contribution in [0.2, 0.25) is 0 Å². The lowest BCUT2D eigenvalue weighted by atomic mass is 9.91. The molecule has 0 aliphatic carbocycles. The van der Waals surface area contributed by atoms with Crippen LogP contribution < -0.4 is 5.32 Å². The molecule has 4 aromatic carbocycles. The number of rotatable bonds is 11. The van der Waals surface area contributed by atoms with Gasteiger partial charge >= 0.3 is 5.97 Å². The second-order valence-electron chi connectivity index (χ2n) is 11.9. The third kappa shape index (κ3) is 8.29. The second kappa shape index (κ2) is 15.7. The number of aromatic nitrogens is 1. The van der Waals surface area contributed by atoms with Gasteiger partial charge in [-0.25, -0.2) is 4.98 Å². The normalized spacial score (nSPS) is 19.6. The Morgan fingerprint density at radius 3 is 2.14 bits per heavy atom. The number of hydrogen-bond donors (Lipinski definition) is 2. The minimum absolute atomic E-state index is 0.0396. The van der Waals surface area contributed by atoms with Gasteiger partial charge in [0.2, 0.25) is 0 Å². The van der Waals surface area contributed by atoms with Crippen LogP contribution in [0.15, 0.2) is 119 Å². The molecule has 252 valence electrons. The highest BCUT2D eigenvalue weighted by Gasteiger charge is 2.38. The zero-order valence-electron chi connectivity index (χ0n) is 27.4. The summed E-state index contributed by atoms with van der Waals surface area (Å²) in [6.45, 7) is 4.85. The summed E-state index contributed by atoms with van der Waals surface area (Å²) in [6.07, 6.45) is -2.16. The standard InChI is InChI=1S/C39H38N2O7S/c1-24-33(23-49-39-41-34(28-10-6-4-7-11-28)36(48-39)29-12-8-5-9-13-29)46-38(47-35(24)30-16-14-27(22-42)15-17-30)31-18-20-32(21-19-31)40-37(44)25(2)45-26(3)43/h4-21,24-25,33,35,38,42H,22-23H2,1-3H3,(H,40,44)/t24-,25-,33+,35+,38+/m0/s1. The van der Waals surface area contributed by atoms with Crippen molar-refractivity contribution in [3.63, 3.8) is 0 Å². The lowest BCUT2D eigenvalue weighted by Crippen LogP contribution is -2.38. The minimum atomic E-state index is -0.920. The Balaban J connectivity index is 1.24. The molecular formula is C39H38N2O7S. The Morgan fingerprint density at radius 1 is 0.878 bits per heavy atom. The number of amides is 1. The Kier molecular flexibility index (Phi) is 10.9. The smallest absolute Gasteiger partial charge is 0.303 e. The number of ether oxygens (including phenoxy) is 3. The van der Waals surface area contributed by atoms with E-state index in [2.05, 4.69) is 12.2 Å². The summed E-state index contributed by atoms with van der Waals surface area (Å²) in [7, 11) is 0. The number of anilines is 1. The molecule has 0 bridgehead atoms. The van der Waals surface area contributed by atoms with Gasteiger partial charge in [-0.2, -0.15) is 0 Å². The number of benzene rings is 4. The van der Waals surface area contributed by atoms with Gasteiger partial charge in [0.15, 0.2) is 18.2 Å². The molecule has 5 atom stereocenters. The van der Waals surface area contributed by atoms with E-state index in [0.29, 0.717) is 22.4 Å². The number of hydrogen-bond acceptors (Lipinski definition) is 9. The first-order valence-electron chi connectivity index (χ1n) is 16.1. The summed E-state index contributed by atoms with van der Waals surface area (Å²) < 4.78 is 24.6. The SMILES string of the molecule is CC(=O)O[C@@H](C)C(=O)Nc1ccc([C@@H]2O[C@H](CSc3nc(-c4ccccc4)c(-c4ccccc4)o3)[C@H](C)[C@H](c3ccc(CO)cc3)O2)cc1. The quantitative estimate of drug-likeness (QED) is 0.106. The lowest BCUT2D eigenvalue weighted by molar-refractivity contribution is -0.268. The second-order valence-corrected chi connectivity index (χ2v) is 12.9. The molecule has 0 saturated carbocycles. The van der Waals surface area contributed by atoms with Crippen molar-refractivity contribution in [2.45, 2.75) is 57.2 Å².